The van der Waals surface area contributed by atoms with E-state index in [0.717, 1.165) is 57.7 Å². The molecule has 6 heteroatoms. The van der Waals surface area contributed by atoms with Crippen molar-refractivity contribution in [1.29, 1.82) is 0 Å². The number of anilines is 1. The van der Waals surface area contributed by atoms with Gasteiger partial charge < -0.3 is 19.9 Å². The monoisotopic (exact) mass is 441 g/mol. The van der Waals surface area contributed by atoms with Gasteiger partial charge >= 0.3 is 5.97 Å². The van der Waals surface area contributed by atoms with Crippen LogP contribution in [0.2, 0.25) is 0 Å². The summed E-state index contributed by atoms with van der Waals surface area (Å²) in [7, 11) is 0. The summed E-state index contributed by atoms with van der Waals surface area (Å²) in [5.41, 5.74) is 6.25. The topological polar surface area (TPSA) is 67.8 Å². The van der Waals surface area contributed by atoms with E-state index in [1.807, 2.05) is 40.7 Å². The lowest BCUT2D eigenvalue weighted by Crippen LogP contribution is -2.40. The fraction of sp³-hybridized carbons (Fsp3) is 0.440. The number of phenols is 1. The average Bonchev–Trinajstić information content (AvgIpc) is 2.69. The molecule has 31 heavy (non-hydrogen) atoms. The van der Waals surface area contributed by atoms with Gasteiger partial charge in [0.25, 0.3) is 0 Å². The number of carbonyl (C=O) groups excluding carboxylic acids is 1. The Labute approximate surface area is 189 Å². The lowest BCUT2D eigenvalue weighted by Gasteiger charge is -2.38. The molecule has 1 aliphatic rings. The van der Waals surface area contributed by atoms with E-state index in [9.17, 15) is 9.90 Å². The van der Waals surface area contributed by atoms with E-state index in [1.165, 1.54) is 6.92 Å². The molecule has 0 aromatic heterocycles. The van der Waals surface area contributed by atoms with Gasteiger partial charge in [0.05, 0.1) is 4.99 Å². The van der Waals surface area contributed by atoms with Crippen LogP contribution in [0.4, 0.5) is 5.69 Å². The first kappa shape index (κ1) is 23.1. The molecule has 2 aromatic carbocycles. The van der Waals surface area contributed by atoms with E-state index >= 15 is 0 Å². The van der Waals surface area contributed by atoms with E-state index in [1.54, 1.807) is 6.07 Å². The van der Waals surface area contributed by atoms with Crippen molar-refractivity contribution in [3.05, 3.63) is 45.5 Å². The number of carbonyl (C=O) groups is 1. The maximum atomic E-state index is 11.5. The number of esters is 1. The number of rotatable bonds is 4. The first-order chi connectivity index (χ1) is 14.4. The normalized spacial score (nSPS) is 17.5. The molecule has 2 aromatic rings. The van der Waals surface area contributed by atoms with Crippen LogP contribution >= 0.6 is 12.2 Å². The van der Waals surface area contributed by atoms with Gasteiger partial charge in [-0.2, -0.15) is 0 Å². The minimum Gasteiger partial charge on any atom is -0.508 e. The van der Waals surface area contributed by atoms with E-state index in [0.29, 0.717) is 17.2 Å². The standard InChI is InChI=1S/C25H31NO4S/c1-13-14(2)21(28)9-8-20(13)26-22(31)12-25(7)11-10-19-17(5)23(29-18(6)27)15(3)16(4)24(19)30-25/h8-9,28H,10-12H2,1-7H3,(H,26,31). The van der Waals surface area contributed by atoms with Crippen molar-refractivity contribution >= 4 is 28.9 Å². The Morgan fingerprint density at radius 3 is 2.45 bits per heavy atom. The van der Waals surface area contributed by atoms with Gasteiger partial charge in [0.1, 0.15) is 22.8 Å². The van der Waals surface area contributed by atoms with Gasteiger partial charge in [0.2, 0.25) is 0 Å². The van der Waals surface area contributed by atoms with Crippen LogP contribution in [0.5, 0.6) is 17.2 Å². The third kappa shape index (κ3) is 4.54. The van der Waals surface area contributed by atoms with Crippen LogP contribution in [0.15, 0.2) is 12.1 Å². The van der Waals surface area contributed by atoms with Crippen molar-refractivity contribution in [3.63, 3.8) is 0 Å². The molecule has 2 N–H and O–H groups in total. The van der Waals surface area contributed by atoms with E-state index in [2.05, 4.69) is 12.2 Å². The fourth-order valence-corrected chi connectivity index (χ4v) is 4.59. The Morgan fingerprint density at radius 2 is 1.81 bits per heavy atom. The molecule has 0 amide bonds. The molecule has 1 atom stereocenters. The van der Waals surface area contributed by atoms with Crippen molar-refractivity contribution < 1.29 is 19.4 Å². The zero-order valence-electron chi connectivity index (χ0n) is 19.4. The number of benzene rings is 2. The highest BCUT2D eigenvalue weighted by Gasteiger charge is 2.36. The molecule has 0 saturated carbocycles. The average molecular weight is 442 g/mol. The van der Waals surface area contributed by atoms with Crippen LogP contribution in [0.25, 0.3) is 0 Å². The minimum atomic E-state index is -0.441. The maximum Gasteiger partial charge on any atom is 0.308 e. The number of phenolic OH excluding ortho intramolecular Hbond substituents is 1. The maximum absolute atomic E-state index is 11.5. The highest BCUT2D eigenvalue weighted by Crippen LogP contribution is 2.44. The van der Waals surface area contributed by atoms with Crippen LogP contribution in [-0.4, -0.2) is 21.7 Å². The first-order valence-corrected chi connectivity index (χ1v) is 10.9. The van der Waals surface area contributed by atoms with Crippen molar-refractivity contribution in [2.45, 2.75) is 73.3 Å². The summed E-state index contributed by atoms with van der Waals surface area (Å²) in [5, 5.41) is 13.2. The second-order valence-electron chi connectivity index (χ2n) is 8.76. The van der Waals surface area contributed by atoms with Crippen molar-refractivity contribution in [3.8, 4) is 17.2 Å². The van der Waals surface area contributed by atoms with Gasteiger partial charge in [0.15, 0.2) is 0 Å². The quantitative estimate of drug-likeness (QED) is 0.272. The SMILES string of the molecule is CC(=O)Oc1c(C)c(C)c2c(c1C)CCC(C)(CC(=S)Nc1ccc(O)c(C)c1C)O2. The second kappa shape index (κ2) is 8.50. The molecule has 3 rings (SSSR count). The molecular weight excluding hydrogens is 410 g/mol. The predicted octanol–water partition coefficient (Wildman–Crippen LogP) is 5.77. The molecule has 0 bridgehead atoms. The molecule has 5 nitrogen and oxygen atoms in total. The largest absolute Gasteiger partial charge is 0.508 e. The molecular formula is C25H31NO4S. The zero-order chi connectivity index (χ0) is 23.1. The molecule has 0 aliphatic carbocycles. The van der Waals surface area contributed by atoms with E-state index < -0.39 is 5.60 Å². The van der Waals surface area contributed by atoms with Crippen LogP contribution in [0.1, 0.15) is 60.1 Å². The van der Waals surface area contributed by atoms with Gasteiger partial charge in [-0.25, -0.2) is 0 Å². The molecule has 166 valence electrons. The second-order valence-corrected chi connectivity index (χ2v) is 9.26. The Bertz CT molecular complexity index is 1080. The number of thiocarbonyl (C=S) groups is 1. The number of aromatic hydroxyl groups is 1. The van der Waals surface area contributed by atoms with Crippen LogP contribution in [0.3, 0.4) is 0 Å². The minimum absolute atomic E-state index is 0.280. The summed E-state index contributed by atoms with van der Waals surface area (Å²) in [6.07, 6.45) is 2.20. The van der Waals surface area contributed by atoms with E-state index in [-0.39, 0.29) is 11.7 Å². The summed E-state index contributed by atoms with van der Waals surface area (Å²) in [6, 6.07) is 3.52. The van der Waals surface area contributed by atoms with Crippen LogP contribution in [0, 0.1) is 34.6 Å². The summed E-state index contributed by atoms with van der Waals surface area (Å²) in [6.45, 7) is 13.3. The molecule has 0 fully saturated rings. The van der Waals surface area contributed by atoms with Crippen molar-refractivity contribution in [2.24, 2.45) is 0 Å². The van der Waals surface area contributed by atoms with Gasteiger partial charge in [-0.05, 0) is 94.3 Å². The van der Waals surface area contributed by atoms with Crippen LogP contribution < -0.4 is 14.8 Å². The highest BCUT2D eigenvalue weighted by atomic mass is 32.1. The van der Waals surface area contributed by atoms with Gasteiger partial charge in [-0.3, -0.25) is 4.79 Å². The lowest BCUT2D eigenvalue weighted by atomic mass is 9.85. The van der Waals surface area contributed by atoms with Crippen molar-refractivity contribution in [2.75, 3.05) is 5.32 Å². The first-order valence-electron chi connectivity index (χ1n) is 10.5. The molecule has 1 unspecified atom stereocenters. The van der Waals surface area contributed by atoms with Gasteiger partial charge in [-0.1, -0.05) is 12.2 Å². The van der Waals surface area contributed by atoms with Crippen molar-refractivity contribution in [1.82, 2.24) is 0 Å². The lowest BCUT2D eigenvalue weighted by molar-refractivity contribution is -0.132. The third-order valence-electron chi connectivity index (χ3n) is 6.38. The Kier molecular flexibility index (Phi) is 6.33. The molecule has 0 spiro atoms. The number of ether oxygens (including phenoxy) is 2. The third-order valence-corrected chi connectivity index (χ3v) is 6.62. The highest BCUT2D eigenvalue weighted by molar-refractivity contribution is 7.80. The predicted molar refractivity (Wildman–Crippen MR) is 128 cm³/mol. The molecule has 0 saturated heterocycles. The number of fused-ring (bicyclic) bond motifs is 1. The Hall–Kier alpha value is -2.60. The fourth-order valence-electron chi connectivity index (χ4n) is 4.18. The smallest absolute Gasteiger partial charge is 0.308 e. The summed E-state index contributed by atoms with van der Waals surface area (Å²) in [4.78, 5) is 12.2. The van der Waals surface area contributed by atoms with Crippen LogP contribution in [-0.2, 0) is 11.2 Å². The Morgan fingerprint density at radius 1 is 1.13 bits per heavy atom. The number of hydrogen-bond donors (Lipinski definition) is 2. The molecule has 1 heterocycles. The summed E-state index contributed by atoms with van der Waals surface area (Å²) in [5.74, 6) is 1.48. The number of hydrogen-bond acceptors (Lipinski definition) is 5. The van der Waals surface area contributed by atoms with E-state index in [4.69, 9.17) is 21.7 Å². The zero-order valence-corrected chi connectivity index (χ0v) is 20.2. The molecule has 1 aliphatic heterocycles. The molecule has 0 radical (unpaired) electrons. The Balaban J connectivity index is 1.83. The summed E-state index contributed by atoms with van der Waals surface area (Å²) < 4.78 is 12.0. The summed E-state index contributed by atoms with van der Waals surface area (Å²) >= 11 is 5.66. The number of nitrogens with one attached hydrogen (secondary N) is 1. The van der Waals surface area contributed by atoms with Gasteiger partial charge in [0, 0.05) is 24.6 Å². The van der Waals surface area contributed by atoms with Gasteiger partial charge in [-0.15, -0.1) is 0 Å².